The summed E-state index contributed by atoms with van der Waals surface area (Å²) in [6.45, 7) is 17.7. The van der Waals surface area contributed by atoms with Gasteiger partial charge in [0.25, 0.3) is 0 Å². The number of allylic oxidation sites excluding steroid dienone is 1. The lowest BCUT2D eigenvalue weighted by molar-refractivity contribution is 0.485. The topological polar surface area (TPSA) is 12.0 Å². The molecule has 3 heteroatoms. The molecule has 0 saturated heterocycles. The predicted molar refractivity (Wildman–Crippen MR) is 147 cm³/mol. The molecule has 0 bridgehead atoms. The van der Waals surface area contributed by atoms with Crippen LogP contribution in [0.5, 0.6) is 0 Å². The van der Waals surface area contributed by atoms with Crippen LogP contribution in [-0.4, -0.2) is 10.4 Å². The molecule has 0 aliphatic carbocycles. The van der Waals surface area contributed by atoms with Gasteiger partial charge in [0.05, 0.1) is 0 Å². The third kappa shape index (κ3) is 7.74. The molecule has 0 spiro atoms. The van der Waals surface area contributed by atoms with Crippen molar-refractivity contribution in [1.29, 1.82) is 0 Å². The van der Waals surface area contributed by atoms with Crippen molar-refractivity contribution in [2.24, 2.45) is 5.41 Å². The maximum atomic E-state index is 6.11. The predicted octanol–water partition coefficient (Wildman–Crippen LogP) is 8.75. The van der Waals surface area contributed by atoms with E-state index in [1.807, 2.05) is 12.1 Å². The maximum Gasteiger partial charge on any atom is 0.0412 e. The molecule has 32 heavy (non-hydrogen) atoms. The number of aryl methyl sites for hydroxylation is 3. The van der Waals surface area contributed by atoms with Crippen LogP contribution in [0.25, 0.3) is 5.70 Å². The van der Waals surface area contributed by atoms with Gasteiger partial charge < -0.3 is 5.32 Å². The summed E-state index contributed by atoms with van der Waals surface area (Å²) in [5.41, 5.74) is 7.87. The van der Waals surface area contributed by atoms with E-state index in [-0.39, 0.29) is 11.0 Å². The van der Waals surface area contributed by atoms with E-state index in [1.54, 1.807) is 0 Å². The highest BCUT2D eigenvalue weighted by Gasteiger charge is 2.26. The molecule has 1 nitrogen and oxygen atoms in total. The fraction of sp³-hybridized carbons (Fsp3) is 0.483. The third-order valence-corrected chi connectivity index (χ3v) is 6.87. The number of thiocarbonyl (C=S) groups is 1. The van der Waals surface area contributed by atoms with Gasteiger partial charge in [0, 0.05) is 21.8 Å². The Balaban J connectivity index is 2.64. The van der Waals surface area contributed by atoms with Gasteiger partial charge in [-0.25, -0.2) is 0 Å². The minimum absolute atomic E-state index is 0.0492. The third-order valence-electron chi connectivity index (χ3n) is 6.07. The molecule has 0 aliphatic rings. The van der Waals surface area contributed by atoms with E-state index >= 15 is 0 Å². The van der Waals surface area contributed by atoms with Gasteiger partial charge in [0.1, 0.15) is 0 Å². The second kappa shape index (κ2) is 11.0. The first kappa shape index (κ1) is 26.6. The largest absolute Gasteiger partial charge is 0.380 e. The van der Waals surface area contributed by atoms with Crippen molar-refractivity contribution in [3.05, 3.63) is 75.3 Å². The Bertz CT molecular complexity index is 962. The molecular weight excluding hydrogens is 430 g/mol. The van der Waals surface area contributed by atoms with Gasteiger partial charge in [0.15, 0.2) is 0 Å². The number of hydrogen-bond acceptors (Lipinski definition) is 2. The molecule has 0 aliphatic heterocycles. The number of halogens is 1. The first-order chi connectivity index (χ1) is 14.8. The van der Waals surface area contributed by atoms with Gasteiger partial charge in [-0.05, 0) is 111 Å². The molecule has 0 aromatic heterocycles. The Labute approximate surface area is 206 Å². The number of nitrogens with one attached hydrogen (secondary N) is 1. The summed E-state index contributed by atoms with van der Waals surface area (Å²) in [5.74, 6) is 0. The lowest BCUT2D eigenvalue weighted by atomic mass is 9.79. The monoisotopic (exact) mass is 469 g/mol. The Morgan fingerprint density at radius 3 is 2.09 bits per heavy atom. The van der Waals surface area contributed by atoms with Crippen molar-refractivity contribution in [1.82, 2.24) is 5.32 Å². The van der Waals surface area contributed by atoms with Gasteiger partial charge in [-0.1, -0.05) is 68.9 Å². The van der Waals surface area contributed by atoms with Crippen LogP contribution in [0.15, 0.2) is 48.0 Å². The minimum atomic E-state index is -0.0499. The first-order valence-corrected chi connectivity index (χ1v) is 12.5. The van der Waals surface area contributed by atoms with E-state index in [4.69, 9.17) is 23.8 Å². The van der Waals surface area contributed by atoms with Crippen molar-refractivity contribution < 1.29 is 0 Å². The van der Waals surface area contributed by atoms with Gasteiger partial charge in [-0.15, -0.1) is 0 Å². The van der Waals surface area contributed by atoms with Crippen LogP contribution in [-0.2, 0) is 12.8 Å². The molecule has 0 unspecified atom stereocenters. The normalized spacial score (nSPS) is 13.0. The quantitative estimate of drug-likeness (QED) is 0.368. The second-order valence-electron chi connectivity index (χ2n) is 10.6. The molecule has 0 atom stereocenters. The molecule has 0 saturated carbocycles. The molecule has 2 rings (SSSR count). The molecule has 0 fully saturated rings. The Kier molecular flexibility index (Phi) is 9.14. The van der Waals surface area contributed by atoms with Crippen LogP contribution in [0.2, 0.25) is 5.02 Å². The van der Waals surface area contributed by atoms with Gasteiger partial charge in [0.2, 0.25) is 0 Å². The first-order valence-electron chi connectivity index (χ1n) is 11.7. The number of hydrogen-bond donors (Lipinski definition) is 1. The smallest absolute Gasteiger partial charge is 0.0412 e. The van der Waals surface area contributed by atoms with Crippen molar-refractivity contribution in [3.63, 3.8) is 0 Å². The average molecular weight is 470 g/mol. The summed E-state index contributed by atoms with van der Waals surface area (Å²) in [6.07, 6.45) is 3.91. The van der Waals surface area contributed by atoms with Crippen molar-refractivity contribution in [2.75, 3.05) is 0 Å². The summed E-state index contributed by atoms with van der Waals surface area (Å²) >= 11 is 11.8. The fourth-order valence-corrected chi connectivity index (χ4v) is 3.98. The SMILES string of the molecule is CCc1ccc(C)c(/C(NC(C)(C)C)=C(\CCc2ccc(Cl)cc2)CC(C)(C)C(C)=S)c1. The second-order valence-corrected chi connectivity index (χ2v) is 11.6. The molecular formula is C29H40ClNS. The summed E-state index contributed by atoms with van der Waals surface area (Å²) < 4.78 is 0. The highest BCUT2D eigenvalue weighted by atomic mass is 35.5. The van der Waals surface area contributed by atoms with Crippen LogP contribution < -0.4 is 5.32 Å². The number of benzene rings is 2. The van der Waals surface area contributed by atoms with E-state index in [0.717, 1.165) is 35.6 Å². The van der Waals surface area contributed by atoms with Crippen LogP contribution in [0.3, 0.4) is 0 Å². The summed E-state index contributed by atoms with van der Waals surface area (Å²) in [6, 6.07) is 15.1. The standard InChI is InChI=1S/C29H40ClNS/c1-9-22-11-10-20(2)26(18-22)27(31-28(4,5)6)24(19-29(7,8)21(3)32)15-12-23-13-16-25(30)17-14-23/h10-11,13-14,16-18,31H,9,12,15,19H2,1-8H3/b27-24-. The van der Waals surface area contributed by atoms with E-state index in [2.05, 4.69) is 91.0 Å². The molecule has 2 aromatic carbocycles. The van der Waals surface area contributed by atoms with Crippen LogP contribution >= 0.6 is 23.8 Å². The van der Waals surface area contributed by atoms with Crippen LogP contribution in [0, 0.1) is 12.3 Å². The molecule has 0 heterocycles. The fourth-order valence-electron chi connectivity index (χ4n) is 3.79. The van der Waals surface area contributed by atoms with Crippen LogP contribution in [0.1, 0.15) is 83.6 Å². The highest BCUT2D eigenvalue weighted by Crippen LogP contribution is 2.35. The Morgan fingerprint density at radius 2 is 1.56 bits per heavy atom. The van der Waals surface area contributed by atoms with E-state index in [0.29, 0.717) is 0 Å². The molecule has 1 N–H and O–H groups in total. The average Bonchev–Trinajstić information content (AvgIpc) is 2.70. The van der Waals surface area contributed by atoms with Gasteiger partial charge in [-0.2, -0.15) is 0 Å². The highest BCUT2D eigenvalue weighted by molar-refractivity contribution is 7.80. The lowest BCUT2D eigenvalue weighted by Gasteiger charge is -2.32. The van der Waals surface area contributed by atoms with E-state index in [9.17, 15) is 0 Å². The molecule has 0 radical (unpaired) electrons. The van der Waals surface area contributed by atoms with Crippen molar-refractivity contribution in [2.45, 2.75) is 86.6 Å². The van der Waals surface area contributed by atoms with Crippen molar-refractivity contribution in [3.8, 4) is 0 Å². The molecule has 0 amide bonds. The van der Waals surface area contributed by atoms with Gasteiger partial charge in [-0.3, -0.25) is 0 Å². The zero-order valence-electron chi connectivity index (χ0n) is 21.2. The maximum absolute atomic E-state index is 6.11. The zero-order valence-corrected chi connectivity index (χ0v) is 22.7. The summed E-state index contributed by atoms with van der Waals surface area (Å²) in [5, 5.41) is 4.67. The zero-order chi connectivity index (χ0) is 24.1. The van der Waals surface area contributed by atoms with Crippen LogP contribution in [0.4, 0.5) is 0 Å². The number of rotatable bonds is 9. The van der Waals surface area contributed by atoms with E-state index in [1.165, 1.54) is 33.5 Å². The molecule has 174 valence electrons. The lowest BCUT2D eigenvalue weighted by Crippen LogP contribution is -2.36. The van der Waals surface area contributed by atoms with E-state index < -0.39 is 0 Å². The Hall–Kier alpha value is -1.64. The molecule has 2 aromatic rings. The van der Waals surface area contributed by atoms with Crippen molar-refractivity contribution >= 4 is 34.4 Å². The summed E-state index contributed by atoms with van der Waals surface area (Å²) in [7, 11) is 0. The minimum Gasteiger partial charge on any atom is -0.380 e. The summed E-state index contributed by atoms with van der Waals surface area (Å²) in [4.78, 5) is 1.05. The Morgan fingerprint density at radius 1 is 0.969 bits per heavy atom. The van der Waals surface area contributed by atoms with Gasteiger partial charge >= 0.3 is 0 Å².